The van der Waals surface area contributed by atoms with Crippen molar-refractivity contribution >= 4 is 28.8 Å². The monoisotopic (exact) mass is 323 g/mol. The number of carbonyl (C=O) groups is 3. The summed E-state index contributed by atoms with van der Waals surface area (Å²) in [5.41, 5.74) is -1.06. The Bertz CT molecular complexity index is 425. The van der Waals surface area contributed by atoms with E-state index in [1.165, 1.54) is 27.9 Å². The number of hydrogen-bond acceptors (Lipinski definition) is 7. The van der Waals surface area contributed by atoms with E-state index in [0.29, 0.717) is 0 Å². The summed E-state index contributed by atoms with van der Waals surface area (Å²) in [6, 6.07) is -0.952. The first-order chi connectivity index (χ1) is 9.60. The van der Waals surface area contributed by atoms with Gasteiger partial charge in [0.05, 0.1) is 12.5 Å². The Morgan fingerprint density at radius 2 is 1.95 bits per heavy atom. The van der Waals surface area contributed by atoms with E-state index in [2.05, 4.69) is 14.9 Å². The Morgan fingerprint density at radius 1 is 1.38 bits per heavy atom. The predicted molar refractivity (Wildman–Crippen MR) is 72.2 cm³/mol. The van der Waals surface area contributed by atoms with Gasteiger partial charge in [0.2, 0.25) is 5.91 Å². The Balaban J connectivity index is 4.56. The molecule has 0 aliphatic carbocycles. The maximum absolute atomic E-state index is 12.0. The average molecular weight is 323 g/mol. The lowest BCUT2D eigenvalue weighted by Crippen LogP contribution is -2.43. The van der Waals surface area contributed by atoms with Crippen LogP contribution < -0.4 is 5.32 Å². The van der Waals surface area contributed by atoms with Crippen LogP contribution in [0.3, 0.4) is 0 Å². The van der Waals surface area contributed by atoms with Crippen LogP contribution in [-0.4, -0.2) is 52.8 Å². The quantitative estimate of drug-likeness (QED) is 0.474. The fourth-order valence-electron chi connectivity index (χ4n) is 1.19. The van der Waals surface area contributed by atoms with Gasteiger partial charge in [-0.25, -0.2) is 10.0 Å². The largest absolute Gasteiger partial charge is 0.475 e. The number of amides is 1. The molecule has 0 saturated carbocycles. The SMILES string of the molecule is COC(=O)[C@H](CSC(=O)C(C)(C)CO[N+](=O)O)NC(C)=O. The summed E-state index contributed by atoms with van der Waals surface area (Å²) in [4.78, 5) is 49.0. The molecule has 21 heavy (non-hydrogen) atoms. The average Bonchev–Trinajstić information content (AvgIpc) is 2.39. The highest BCUT2D eigenvalue weighted by Crippen LogP contribution is 2.25. The fraction of sp³-hybridized carbons (Fsp3) is 0.727. The van der Waals surface area contributed by atoms with E-state index < -0.39 is 28.4 Å². The highest BCUT2D eigenvalue weighted by atomic mass is 32.2. The molecule has 0 spiro atoms. The molecule has 9 nitrogen and oxygen atoms in total. The number of methoxy groups -OCH3 is 1. The molecule has 2 N–H and O–H groups in total. The van der Waals surface area contributed by atoms with Gasteiger partial charge in [0.15, 0.2) is 11.7 Å². The summed E-state index contributed by atoms with van der Waals surface area (Å²) in [7, 11) is 1.17. The van der Waals surface area contributed by atoms with Gasteiger partial charge >= 0.3 is 11.1 Å². The molecule has 0 aliphatic rings. The third-order valence-electron chi connectivity index (χ3n) is 2.33. The zero-order chi connectivity index (χ0) is 16.6. The van der Waals surface area contributed by atoms with Gasteiger partial charge in [0, 0.05) is 12.7 Å². The van der Waals surface area contributed by atoms with Crippen LogP contribution in [0.1, 0.15) is 20.8 Å². The van der Waals surface area contributed by atoms with Crippen molar-refractivity contribution in [2.75, 3.05) is 19.5 Å². The molecule has 1 amide bonds. The van der Waals surface area contributed by atoms with Crippen LogP contribution in [0.5, 0.6) is 0 Å². The van der Waals surface area contributed by atoms with Crippen molar-refractivity contribution in [1.82, 2.24) is 5.32 Å². The lowest BCUT2D eigenvalue weighted by Gasteiger charge is -2.20. The zero-order valence-corrected chi connectivity index (χ0v) is 13.1. The first-order valence-electron chi connectivity index (χ1n) is 5.91. The van der Waals surface area contributed by atoms with Gasteiger partial charge in [0.25, 0.3) is 0 Å². The van der Waals surface area contributed by atoms with Crippen LogP contribution >= 0.6 is 11.8 Å². The molecular weight excluding hydrogens is 304 g/mol. The molecule has 10 heteroatoms. The fourth-order valence-corrected chi connectivity index (χ4v) is 2.17. The van der Waals surface area contributed by atoms with Crippen LogP contribution in [-0.2, 0) is 24.0 Å². The number of esters is 1. The zero-order valence-electron chi connectivity index (χ0n) is 12.2. The van der Waals surface area contributed by atoms with E-state index in [1.54, 1.807) is 0 Å². The third kappa shape index (κ3) is 7.49. The molecule has 0 unspecified atom stereocenters. The number of thioether (sulfide) groups is 1. The van der Waals surface area contributed by atoms with Crippen molar-refractivity contribution in [3.05, 3.63) is 4.91 Å². The molecule has 0 aromatic carbocycles. The predicted octanol–water partition coefficient (Wildman–Crippen LogP) is 0.0498. The second kappa shape index (κ2) is 8.45. The van der Waals surface area contributed by atoms with E-state index in [4.69, 9.17) is 5.21 Å². The van der Waals surface area contributed by atoms with E-state index in [9.17, 15) is 19.3 Å². The molecule has 0 rings (SSSR count). The summed E-state index contributed by atoms with van der Waals surface area (Å²) in [5.74, 6) is -1.11. The highest BCUT2D eigenvalue weighted by Gasteiger charge is 2.33. The second-order valence-corrected chi connectivity index (χ2v) is 5.76. The molecule has 0 aromatic heterocycles. The second-order valence-electron chi connectivity index (χ2n) is 4.77. The van der Waals surface area contributed by atoms with Crippen molar-refractivity contribution in [3.8, 4) is 0 Å². The normalized spacial score (nSPS) is 12.2. The summed E-state index contributed by atoms with van der Waals surface area (Å²) < 4.78 is 4.53. The van der Waals surface area contributed by atoms with Crippen molar-refractivity contribution in [2.24, 2.45) is 5.41 Å². The van der Waals surface area contributed by atoms with Gasteiger partial charge < -0.3 is 10.1 Å². The number of carbonyl (C=O) groups excluding carboxylic acids is 3. The van der Waals surface area contributed by atoms with E-state index in [-0.39, 0.29) is 17.5 Å². The third-order valence-corrected chi connectivity index (χ3v) is 3.65. The van der Waals surface area contributed by atoms with E-state index >= 15 is 0 Å². The molecule has 0 radical (unpaired) electrons. The van der Waals surface area contributed by atoms with E-state index in [1.807, 2.05) is 0 Å². The number of nitrogens with one attached hydrogen (secondary N) is 1. The van der Waals surface area contributed by atoms with Crippen LogP contribution in [0, 0.1) is 10.3 Å². The van der Waals surface area contributed by atoms with Crippen LogP contribution in [0.4, 0.5) is 0 Å². The number of rotatable bonds is 8. The van der Waals surface area contributed by atoms with Crippen LogP contribution in [0.2, 0.25) is 0 Å². The first-order valence-corrected chi connectivity index (χ1v) is 6.90. The molecule has 0 saturated heterocycles. The highest BCUT2D eigenvalue weighted by molar-refractivity contribution is 8.13. The number of ether oxygens (including phenoxy) is 1. The minimum atomic E-state index is -1.06. The van der Waals surface area contributed by atoms with Gasteiger partial charge in [-0.05, 0) is 13.8 Å². The minimum Gasteiger partial charge on any atom is -0.467 e. The molecular formula is C11H19N2O7S+. The molecule has 120 valence electrons. The summed E-state index contributed by atoms with van der Waals surface area (Å²) in [6.45, 7) is 3.93. The van der Waals surface area contributed by atoms with Gasteiger partial charge in [0.1, 0.15) is 10.9 Å². The lowest BCUT2D eigenvalue weighted by molar-refractivity contribution is -0.976. The van der Waals surface area contributed by atoms with Gasteiger partial charge in [-0.1, -0.05) is 11.8 Å². The minimum absolute atomic E-state index is 0.0191. The summed E-state index contributed by atoms with van der Waals surface area (Å²) in [5, 5.41) is 9.62. The van der Waals surface area contributed by atoms with Gasteiger partial charge in [-0.15, -0.1) is 0 Å². The molecule has 0 aliphatic heterocycles. The van der Waals surface area contributed by atoms with Crippen LogP contribution in [0.15, 0.2) is 0 Å². The molecule has 1 atom stereocenters. The maximum Gasteiger partial charge on any atom is 0.475 e. The molecule has 0 heterocycles. The lowest BCUT2D eigenvalue weighted by atomic mass is 9.97. The Hall–Kier alpha value is -1.84. The van der Waals surface area contributed by atoms with Gasteiger partial charge in [-0.3, -0.25) is 9.59 Å². The van der Waals surface area contributed by atoms with Crippen molar-refractivity contribution in [2.45, 2.75) is 26.8 Å². The van der Waals surface area contributed by atoms with Crippen molar-refractivity contribution in [1.29, 1.82) is 0 Å². The number of nitrogens with zero attached hydrogens (tertiary/aromatic N) is 1. The Labute approximate surface area is 125 Å². The number of hydrogen-bond donors (Lipinski definition) is 2. The first kappa shape index (κ1) is 19.2. The molecule has 0 aromatic rings. The maximum atomic E-state index is 12.0. The summed E-state index contributed by atoms with van der Waals surface area (Å²) >= 11 is 0.792. The standard InChI is InChI=1S/C11H18N2O7S/c1-7(14)12-8(9(15)19-4)5-21-10(16)11(2,3)6-20-13(17)18/h8H,5-6H2,1-4H3,(H-,12,14,17,18)/p+1/t8-/m0/s1. The summed E-state index contributed by atoms with van der Waals surface area (Å²) in [6.07, 6.45) is 0. The Kier molecular flexibility index (Phi) is 7.71. The molecule has 0 fully saturated rings. The van der Waals surface area contributed by atoms with Crippen LogP contribution in [0.25, 0.3) is 0 Å². The topological polar surface area (TPSA) is 122 Å². The Morgan fingerprint density at radius 3 is 2.38 bits per heavy atom. The molecule has 0 bridgehead atoms. The van der Waals surface area contributed by atoms with Crippen molar-refractivity contribution in [3.63, 3.8) is 0 Å². The van der Waals surface area contributed by atoms with E-state index in [0.717, 1.165) is 11.8 Å². The smallest absolute Gasteiger partial charge is 0.467 e. The van der Waals surface area contributed by atoms with Gasteiger partial charge in [-0.2, -0.15) is 4.84 Å². The van der Waals surface area contributed by atoms with Crippen molar-refractivity contribution < 1.29 is 34.3 Å².